The number of amidine groups is 1. The zero-order valence-corrected chi connectivity index (χ0v) is 20.6. The predicted molar refractivity (Wildman–Crippen MR) is 123 cm³/mol. The van der Waals surface area contributed by atoms with Gasteiger partial charge in [-0.2, -0.15) is 0 Å². The van der Waals surface area contributed by atoms with Crippen LogP contribution in [0.4, 0.5) is 9.59 Å². The molecule has 1 atom stereocenters. The summed E-state index contributed by atoms with van der Waals surface area (Å²) in [5.41, 5.74) is -2.37. The molecule has 1 unspecified atom stereocenters. The fourth-order valence-corrected chi connectivity index (χ4v) is 5.25. The van der Waals surface area contributed by atoms with E-state index in [9.17, 15) is 19.8 Å². The van der Waals surface area contributed by atoms with Gasteiger partial charge in [0, 0.05) is 5.56 Å². The van der Waals surface area contributed by atoms with Gasteiger partial charge in [0.25, 0.3) is 0 Å². The molecule has 1 aromatic carbocycles. The van der Waals surface area contributed by atoms with Crippen LogP contribution in [0.3, 0.4) is 0 Å². The molecule has 4 aliphatic heterocycles. The number of aliphatic imine (C=N–C) groups is 1. The molecule has 0 aromatic heterocycles. The second-order valence-corrected chi connectivity index (χ2v) is 11.0. The first-order valence-electron chi connectivity index (χ1n) is 11.4. The molecule has 0 aliphatic carbocycles. The van der Waals surface area contributed by atoms with E-state index in [0.29, 0.717) is 11.3 Å². The molecule has 2 saturated heterocycles. The van der Waals surface area contributed by atoms with Gasteiger partial charge < -0.3 is 33.7 Å². The first-order valence-corrected chi connectivity index (χ1v) is 11.4. The molecule has 188 valence electrons. The first kappa shape index (κ1) is 23.9. The fourth-order valence-electron chi connectivity index (χ4n) is 5.25. The van der Waals surface area contributed by atoms with E-state index < -0.39 is 53.1 Å². The quantitative estimate of drug-likeness (QED) is 0.571. The van der Waals surface area contributed by atoms with Gasteiger partial charge in [0.05, 0.1) is 29.8 Å². The van der Waals surface area contributed by atoms with Gasteiger partial charge in [-0.05, 0) is 53.1 Å². The number of nitrogens with zero attached hydrogens (tertiary/aromatic N) is 2. The lowest BCUT2D eigenvalue weighted by Gasteiger charge is -2.61. The maximum absolute atomic E-state index is 11.7. The van der Waals surface area contributed by atoms with Crippen molar-refractivity contribution in [2.24, 2.45) is 10.4 Å². The van der Waals surface area contributed by atoms with Crippen LogP contribution in [0, 0.1) is 5.41 Å². The summed E-state index contributed by atoms with van der Waals surface area (Å²) in [6, 6.07) is 5.04. The van der Waals surface area contributed by atoms with Crippen LogP contribution in [-0.4, -0.2) is 77.1 Å². The van der Waals surface area contributed by atoms with Crippen LogP contribution in [-0.2, 0) is 24.3 Å². The second kappa shape index (κ2) is 7.11. The minimum atomic E-state index is -1.70. The van der Waals surface area contributed by atoms with Crippen LogP contribution >= 0.6 is 0 Å². The third-order valence-electron chi connectivity index (χ3n) is 8.25. The highest BCUT2D eigenvalue weighted by atomic mass is 16.7. The summed E-state index contributed by atoms with van der Waals surface area (Å²) in [7, 11) is -0.647. The van der Waals surface area contributed by atoms with Crippen molar-refractivity contribution in [2.75, 3.05) is 19.8 Å². The highest BCUT2D eigenvalue weighted by Crippen LogP contribution is 2.62. The normalized spacial score (nSPS) is 28.5. The summed E-state index contributed by atoms with van der Waals surface area (Å²) in [6.45, 7) is 12.2. The minimum Gasteiger partial charge on any atom is -0.487 e. The van der Waals surface area contributed by atoms with E-state index in [1.807, 2.05) is 59.7 Å². The summed E-state index contributed by atoms with van der Waals surface area (Å²) < 4.78 is 30.2. The van der Waals surface area contributed by atoms with Gasteiger partial charge in [-0.25, -0.2) is 14.6 Å². The van der Waals surface area contributed by atoms with Gasteiger partial charge in [-0.3, -0.25) is 0 Å². The number of ether oxygens (including phenoxy) is 3. The molecule has 12 heteroatoms. The smallest absolute Gasteiger partial charge is 0.487 e. The number of fused-ring (bicyclic) bond motifs is 3. The van der Waals surface area contributed by atoms with E-state index in [0.717, 1.165) is 5.46 Å². The molecule has 1 aromatic rings. The average Bonchev–Trinajstić information content (AvgIpc) is 3.18. The molecule has 2 fully saturated rings. The first-order chi connectivity index (χ1) is 16.2. The van der Waals surface area contributed by atoms with E-state index in [2.05, 4.69) is 4.99 Å². The van der Waals surface area contributed by atoms with Gasteiger partial charge in [0.2, 0.25) is 0 Å². The van der Waals surface area contributed by atoms with E-state index in [-0.39, 0.29) is 24.7 Å². The third kappa shape index (κ3) is 3.06. The zero-order valence-electron chi connectivity index (χ0n) is 20.6. The summed E-state index contributed by atoms with van der Waals surface area (Å²) >= 11 is 0. The Morgan fingerprint density at radius 3 is 2.06 bits per heavy atom. The van der Waals surface area contributed by atoms with Crippen molar-refractivity contribution in [1.29, 1.82) is 0 Å². The Bertz CT molecular complexity index is 1110. The highest BCUT2D eigenvalue weighted by Gasteiger charge is 2.71. The van der Waals surface area contributed by atoms with Crippen LogP contribution in [0.5, 0.6) is 5.75 Å². The second-order valence-electron chi connectivity index (χ2n) is 11.0. The molecule has 4 heterocycles. The van der Waals surface area contributed by atoms with Crippen LogP contribution in [0.2, 0.25) is 0 Å². The van der Waals surface area contributed by atoms with E-state index in [1.54, 1.807) is 0 Å². The van der Waals surface area contributed by atoms with Crippen molar-refractivity contribution in [2.45, 2.75) is 63.9 Å². The Balaban J connectivity index is 1.67. The van der Waals surface area contributed by atoms with Crippen LogP contribution < -0.4 is 10.2 Å². The average molecular weight is 488 g/mol. The summed E-state index contributed by atoms with van der Waals surface area (Å²) in [5, 5.41) is 19.0. The van der Waals surface area contributed by atoms with Crippen molar-refractivity contribution in [3.05, 3.63) is 23.8 Å². The van der Waals surface area contributed by atoms with Crippen molar-refractivity contribution in [3.63, 3.8) is 0 Å². The lowest BCUT2D eigenvalue weighted by molar-refractivity contribution is -0.247. The largest absolute Gasteiger partial charge is 0.494 e. The van der Waals surface area contributed by atoms with Gasteiger partial charge in [-0.15, -0.1) is 4.90 Å². The molecule has 4 aliphatic rings. The molecule has 0 radical (unpaired) electrons. The zero-order chi connectivity index (χ0) is 25.6. The monoisotopic (exact) mass is 488 g/mol. The summed E-state index contributed by atoms with van der Waals surface area (Å²) in [4.78, 5) is 28.1. The molecule has 0 bridgehead atoms. The highest BCUT2D eigenvalue weighted by molar-refractivity contribution is 6.62. The number of imide groups is 1. The Hall–Kier alpha value is -2.83. The van der Waals surface area contributed by atoms with E-state index in [1.165, 1.54) is 0 Å². The number of amides is 2. The van der Waals surface area contributed by atoms with Crippen molar-refractivity contribution >= 4 is 30.8 Å². The molecule has 2 amide bonds. The van der Waals surface area contributed by atoms with Gasteiger partial charge in [0.1, 0.15) is 23.5 Å². The number of benzene rings is 1. The maximum atomic E-state index is 11.7. The number of hydrogen-bond donors (Lipinski definition) is 2. The van der Waals surface area contributed by atoms with E-state index in [4.69, 9.17) is 23.5 Å². The van der Waals surface area contributed by atoms with Crippen LogP contribution in [0.25, 0.3) is 0 Å². The summed E-state index contributed by atoms with van der Waals surface area (Å²) in [6.07, 6.45) is -3.41. The predicted octanol–water partition coefficient (Wildman–Crippen LogP) is 2.41. The maximum Gasteiger partial charge on any atom is 0.494 e. The van der Waals surface area contributed by atoms with E-state index >= 15 is 0 Å². The molecule has 11 nitrogen and oxygen atoms in total. The van der Waals surface area contributed by atoms with Crippen LogP contribution in [0.1, 0.15) is 47.1 Å². The number of carbonyl (C=O) groups is 2. The molecular weight excluding hydrogens is 459 g/mol. The minimum absolute atomic E-state index is 0.0740. The fraction of sp³-hybridized carbons (Fsp3) is 0.609. The van der Waals surface area contributed by atoms with Crippen molar-refractivity contribution in [3.8, 4) is 5.75 Å². The molecule has 35 heavy (non-hydrogen) atoms. The standard InChI is InChI=1S/C23H29BN2O9/c1-19(2)20(3,4)35-24(34-19)13-7-8-15-14(9-13)23(22(10-31-11-22)21(5,6)33-15)12-32-16(25-23)26(17(27)28)18(29)30/h7-9H,10-12H2,1-6H3,(H,27,28)(H,29,30). The lowest BCUT2D eigenvalue weighted by Crippen LogP contribution is -2.71. The van der Waals surface area contributed by atoms with Gasteiger partial charge in [-0.1, -0.05) is 12.1 Å². The topological polar surface area (TPSA) is 136 Å². The Morgan fingerprint density at radius 2 is 1.54 bits per heavy atom. The number of hydrogen-bond acceptors (Lipinski definition) is 8. The number of carboxylic acid groups (broad SMARTS) is 2. The Morgan fingerprint density at radius 1 is 0.943 bits per heavy atom. The molecule has 0 saturated carbocycles. The Kier molecular flexibility index (Phi) is 4.86. The molecule has 2 spiro atoms. The Labute approximate surface area is 203 Å². The third-order valence-corrected chi connectivity index (χ3v) is 8.25. The molecular formula is C23H29BN2O9. The van der Waals surface area contributed by atoms with Gasteiger partial charge >= 0.3 is 25.3 Å². The number of rotatable bonds is 1. The van der Waals surface area contributed by atoms with Gasteiger partial charge in [0.15, 0.2) is 0 Å². The summed E-state index contributed by atoms with van der Waals surface area (Å²) in [5.74, 6) is 0.540. The SMILES string of the molecule is CC1(C)OB(c2ccc3c(c2)C2(COC(N(C(=O)O)C(=O)O)=N2)C2(COC2)C(C)(C)O3)OC1(C)C. The molecule has 5 rings (SSSR count). The van der Waals surface area contributed by atoms with Crippen LogP contribution in [0.15, 0.2) is 23.2 Å². The van der Waals surface area contributed by atoms with Crippen molar-refractivity contribution in [1.82, 2.24) is 4.90 Å². The lowest BCUT2D eigenvalue weighted by atomic mass is 9.55. The molecule has 2 N–H and O–H groups in total. The van der Waals surface area contributed by atoms with Crippen molar-refractivity contribution < 1.29 is 43.3 Å².